The molecule has 4 rings (SSSR count). The number of alkyl halides is 3. The highest BCUT2D eigenvalue weighted by molar-refractivity contribution is 7.86. The Morgan fingerprint density at radius 2 is 1.56 bits per heavy atom. The Morgan fingerprint density at radius 3 is 2.09 bits per heavy atom. The van der Waals surface area contributed by atoms with Crippen LogP contribution in [0.15, 0.2) is 54.6 Å². The summed E-state index contributed by atoms with van der Waals surface area (Å²) in [6.45, 7) is 3.87. The van der Waals surface area contributed by atoms with Gasteiger partial charge >= 0.3 is 21.6 Å². The molecule has 0 saturated carbocycles. The minimum Gasteiger partial charge on any atom is -0.478 e. The second-order valence-corrected chi connectivity index (χ2v) is 9.28. The quantitative estimate of drug-likeness (QED) is 0.350. The van der Waals surface area contributed by atoms with Crippen molar-refractivity contribution in [3.05, 3.63) is 82.4 Å². The second kappa shape index (κ2) is 9.11. The first-order chi connectivity index (χ1) is 15.7. The third-order valence-corrected chi connectivity index (χ3v) is 6.30. The average molecular weight is 494 g/mol. The predicted octanol–water partition coefficient (Wildman–Crippen LogP) is 5.73. The number of benzene rings is 3. The predicted molar refractivity (Wildman–Crippen MR) is 123 cm³/mol. The Balaban J connectivity index is 0.000000350. The summed E-state index contributed by atoms with van der Waals surface area (Å²) >= 11 is 0. The number of aromatic carboxylic acids is 1. The van der Waals surface area contributed by atoms with Gasteiger partial charge in [0, 0.05) is 24.8 Å². The van der Waals surface area contributed by atoms with Crippen molar-refractivity contribution >= 4 is 27.5 Å². The second-order valence-electron chi connectivity index (χ2n) is 7.86. The Morgan fingerprint density at radius 1 is 0.971 bits per heavy atom. The summed E-state index contributed by atoms with van der Waals surface area (Å²) in [4.78, 5) is 14.0. The smallest absolute Gasteiger partial charge is 0.478 e. The van der Waals surface area contributed by atoms with E-state index in [1.165, 1.54) is 11.1 Å². The monoisotopic (exact) mass is 493 g/mol. The van der Waals surface area contributed by atoms with Gasteiger partial charge in [-0.1, -0.05) is 42.5 Å². The molecule has 0 unspecified atom stereocenters. The first kappa shape index (κ1) is 25.3. The molecule has 0 bridgehead atoms. The first-order valence-electron chi connectivity index (χ1n) is 10.0. The molecule has 1 aliphatic rings. The molecule has 180 valence electrons. The van der Waals surface area contributed by atoms with Crippen LogP contribution in [-0.2, 0) is 16.5 Å². The van der Waals surface area contributed by atoms with Gasteiger partial charge in [0.25, 0.3) is 0 Å². The highest BCUT2D eigenvalue weighted by Crippen LogP contribution is 2.42. The van der Waals surface area contributed by atoms with Crippen LogP contribution in [0.3, 0.4) is 0 Å². The highest BCUT2D eigenvalue weighted by atomic mass is 32.2. The molecule has 3 aromatic rings. The van der Waals surface area contributed by atoms with Gasteiger partial charge in [-0.3, -0.25) is 4.55 Å². The van der Waals surface area contributed by atoms with Crippen molar-refractivity contribution < 1.29 is 36.0 Å². The van der Waals surface area contributed by atoms with Crippen molar-refractivity contribution in [3.8, 4) is 11.1 Å². The number of carbonyl (C=O) groups is 1. The Kier molecular flexibility index (Phi) is 6.77. The fourth-order valence-corrected chi connectivity index (χ4v) is 3.88. The van der Waals surface area contributed by atoms with E-state index >= 15 is 0 Å². The fraction of sp³-hybridized carbons (Fsp3) is 0.208. The number of aryl methyl sites for hydroxylation is 1. The number of anilines is 2. The molecule has 10 heteroatoms. The van der Waals surface area contributed by atoms with Crippen molar-refractivity contribution in [3.63, 3.8) is 0 Å². The lowest BCUT2D eigenvalue weighted by molar-refractivity contribution is -0.0510. The van der Waals surface area contributed by atoms with Crippen LogP contribution in [0, 0.1) is 13.8 Å². The van der Waals surface area contributed by atoms with Crippen LogP contribution in [0.1, 0.15) is 32.6 Å². The van der Waals surface area contributed by atoms with Crippen LogP contribution in [-0.4, -0.2) is 36.6 Å². The zero-order valence-corrected chi connectivity index (χ0v) is 19.3. The molecule has 6 nitrogen and oxygen atoms in total. The van der Waals surface area contributed by atoms with Crippen LogP contribution in [0.4, 0.5) is 24.5 Å². The molecule has 3 aromatic carbocycles. The third-order valence-electron chi connectivity index (χ3n) is 5.72. The number of hydrogen-bond donors (Lipinski definition) is 2. The molecule has 0 spiro atoms. The molecule has 0 atom stereocenters. The van der Waals surface area contributed by atoms with Gasteiger partial charge in [-0.15, -0.1) is 0 Å². The van der Waals surface area contributed by atoms with Crippen LogP contribution < -0.4 is 4.90 Å². The molecule has 0 fully saturated rings. The molecule has 0 saturated heterocycles. The maximum Gasteiger partial charge on any atom is 0.522 e. The maximum atomic E-state index is 11.9. The SMILES string of the molecule is Cc1cc2c(c(C(=O)O)c1C)Cc1ccc(-c3ccccc3)cc1N2C.O=S(=O)(O)C(F)(F)F. The molecule has 0 aromatic heterocycles. The van der Waals surface area contributed by atoms with E-state index in [2.05, 4.69) is 41.3 Å². The minimum absolute atomic E-state index is 0.449. The van der Waals surface area contributed by atoms with Crippen LogP contribution in [0.2, 0.25) is 0 Å². The third kappa shape index (κ3) is 4.92. The number of fused-ring (bicyclic) bond motifs is 2. The van der Waals surface area contributed by atoms with Crippen molar-refractivity contribution in [2.75, 3.05) is 11.9 Å². The molecular formula is C24H22F3NO5S. The lowest BCUT2D eigenvalue weighted by Gasteiger charge is -2.32. The number of carboxylic acid groups (broad SMARTS) is 1. The summed E-state index contributed by atoms with van der Waals surface area (Å²) in [5.74, 6) is -0.847. The number of nitrogens with zero attached hydrogens (tertiary/aromatic N) is 1. The molecule has 1 heterocycles. The van der Waals surface area contributed by atoms with Gasteiger partial charge in [-0.2, -0.15) is 21.6 Å². The summed E-state index contributed by atoms with van der Waals surface area (Å²) in [6, 6.07) is 18.9. The van der Waals surface area contributed by atoms with Gasteiger partial charge in [-0.25, -0.2) is 4.79 Å². The van der Waals surface area contributed by atoms with Gasteiger partial charge in [0.15, 0.2) is 0 Å². The van der Waals surface area contributed by atoms with Gasteiger partial charge in [0.2, 0.25) is 0 Å². The van der Waals surface area contributed by atoms with Crippen molar-refractivity contribution in [1.82, 2.24) is 0 Å². The minimum atomic E-state index is -5.84. The lowest BCUT2D eigenvalue weighted by atomic mass is 9.87. The van der Waals surface area contributed by atoms with Gasteiger partial charge in [0.1, 0.15) is 0 Å². The van der Waals surface area contributed by atoms with E-state index in [-0.39, 0.29) is 0 Å². The molecule has 2 N–H and O–H groups in total. The van der Waals surface area contributed by atoms with Crippen LogP contribution >= 0.6 is 0 Å². The largest absolute Gasteiger partial charge is 0.522 e. The molecule has 0 aliphatic carbocycles. The molecule has 0 radical (unpaired) electrons. The Bertz CT molecular complexity index is 1350. The van der Waals surface area contributed by atoms with E-state index in [9.17, 15) is 23.1 Å². The van der Waals surface area contributed by atoms with E-state index in [1.54, 1.807) is 0 Å². The van der Waals surface area contributed by atoms with Crippen molar-refractivity contribution in [2.24, 2.45) is 0 Å². The zero-order valence-electron chi connectivity index (χ0n) is 18.5. The summed E-state index contributed by atoms with van der Waals surface area (Å²) in [5, 5.41) is 9.75. The summed E-state index contributed by atoms with van der Waals surface area (Å²) in [7, 11) is -3.82. The highest BCUT2D eigenvalue weighted by Gasteiger charge is 2.44. The maximum absolute atomic E-state index is 11.9. The number of halogens is 3. The molecule has 1 aliphatic heterocycles. The van der Waals surface area contributed by atoms with Gasteiger partial charge in [-0.05, 0) is 59.4 Å². The van der Waals surface area contributed by atoms with Crippen molar-refractivity contribution in [1.29, 1.82) is 0 Å². The Labute approximate surface area is 195 Å². The average Bonchev–Trinajstić information content (AvgIpc) is 2.75. The molecule has 0 amide bonds. The fourth-order valence-electron chi connectivity index (χ4n) is 3.88. The van der Waals surface area contributed by atoms with E-state index in [1.807, 2.05) is 39.1 Å². The van der Waals surface area contributed by atoms with E-state index in [0.717, 1.165) is 33.6 Å². The topological polar surface area (TPSA) is 94.9 Å². The molecular weight excluding hydrogens is 471 g/mol. The summed E-state index contributed by atoms with van der Waals surface area (Å²) in [6.07, 6.45) is 0.646. The number of hydrogen-bond acceptors (Lipinski definition) is 4. The van der Waals surface area contributed by atoms with E-state index in [0.29, 0.717) is 12.0 Å². The zero-order chi connectivity index (χ0) is 25.4. The normalized spacial score (nSPS) is 12.9. The summed E-state index contributed by atoms with van der Waals surface area (Å²) in [5.41, 5.74) is 3.32. The number of rotatable bonds is 2. The van der Waals surface area contributed by atoms with Crippen molar-refractivity contribution in [2.45, 2.75) is 25.8 Å². The van der Waals surface area contributed by atoms with Crippen LogP contribution in [0.25, 0.3) is 11.1 Å². The molecule has 34 heavy (non-hydrogen) atoms. The lowest BCUT2D eigenvalue weighted by Crippen LogP contribution is -2.22. The van der Waals surface area contributed by atoms with Gasteiger partial charge < -0.3 is 10.0 Å². The first-order valence-corrected chi connectivity index (χ1v) is 11.5. The van der Waals surface area contributed by atoms with Crippen LogP contribution in [0.5, 0.6) is 0 Å². The summed E-state index contributed by atoms with van der Waals surface area (Å²) < 4.78 is 57.5. The number of carboxylic acids is 1. The standard InChI is InChI=1S/C23H21NO2.CHF3O3S/c1-14-11-21-19(22(15(14)2)23(25)26)12-18-10-9-17(13-20(18)24(21)3)16-7-5-4-6-8-16;2-1(3,4)8(5,6)7/h4-11,13H,12H2,1-3H3,(H,25,26);(H,5,6,7). The van der Waals surface area contributed by atoms with E-state index < -0.39 is 21.6 Å². The Hall–Kier alpha value is -3.37. The van der Waals surface area contributed by atoms with E-state index in [4.69, 9.17) is 13.0 Å². The van der Waals surface area contributed by atoms with Gasteiger partial charge in [0.05, 0.1) is 5.56 Å².